The molecule has 2 fully saturated rings. The number of hydrogen-bond donors (Lipinski definition) is 1. The Balaban J connectivity index is 1.59. The van der Waals surface area contributed by atoms with E-state index in [2.05, 4.69) is 10.1 Å². The van der Waals surface area contributed by atoms with Crippen LogP contribution >= 0.6 is 0 Å². The van der Waals surface area contributed by atoms with Gasteiger partial charge in [0, 0.05) is 13.1 Å². The first-order valence-electron chi connectivity index (χ1n) is 8.23. The molecule has 1 saturated carbocycles. The molecule has 1 aromatic rings. The number of ether oxygens (including phenoxy) is 1. The molecule has 0 radical (unpaired) electrons. The van der Waals surface area contributed by atoms with Gasteiger partial charge in [0.2, 0.25) is 11.8 Å². The molecule has 8 heteroatoms. The minimum atomic E-state index is -4.74. The molecular formula is C17H19F3N2O3. The van der Waals surface area contributed by atoms with E-state index >= 15 is 0 Å². The van der Waals surface area contributed by atoms with E-state index in [1.807, 2.05) is 0 Å². The number of halogens is 3. The van der Waals surface area contributed by atoms with Gasteiger partial charge in [0.05, 0.1) is 12.0 Å². The van der Waals surface area contributed by atoms with Gasteiger partial charge in [0.1, 0.15) is 5.75 Å². The van der Waals surface area contributed by atoms with Crippen LogP contribution in [0.3, 0.4) is 0 Å². The fourth-order valence-corrected chi connectivity index (χ4v) is 3.15. The minimum absolute atomic E-state index is 0.0458. The summed E-state index contributed by atoms with van der Waals surface area (Å²) in [5, 5.41) is 2.67. The molecule has 136 valence electrons. The Morgan fingerprint density at radius 3 is 2.24 bits per heavy atom. The topological polar surface area (TPSA) is 58.6 Å². The summed E-state index contributed by atoms with van der Waals surface area (Å²) >= 11 is 0. The van der Waals surface area contributed by atoms with Gasteiger partial charge in [0.15, 0.2) is 0 Å². The number of hydrogen-bond acceptors (Lipinski definition) is 3. The van der Waals surface area contributed by atoms with Gasteiger partial charge in [-0.1, -0.05) is 12.1 Å². The Labute approximate surface area is 143 Å². The van der Waals surface area contributed by atoms with E-state index in [-0.39, 0.29) is 24.1 Å². The number of carbonyl (C=O) groups is 2. The van der Waals surface area contributed by atoms with Crippen molar-refractivity contribution < 1.29 is 27.5 Å². The molecule has 0 spiro atoms. The molecule has 0 bridgehead atoms. The van der Waals surface area contributed by atoms with E-state index < -0.39 is 11.8 Å². The highest BCUT2D eigenvalue weighted by Crippen LogP contribution is 2.48. The maximum absolute atomic E-state index is 12.5. The van der Waals surface area contributed by atoms with Gasteiger partial charge >= 0.3 is 6.36 Å². The van der Waals surface area contributed by atoms with Crippen molar-refractivity contribution in [2.75, 3.05) is 19.6 Å². The largest absolute Gasteiger partial charge is 0.573 e. The minimum Gasteiger partial charge on any atom is -0.406 e. The second kappa shape index (κ2) is 6.57. The van der Waals surface area contributed by atoms with Gasteiger partial charge < -0.3 is 15.0 Å². The van der Waals surface area contributed by atoms with Crippen molar-refractivity contribution in [2.45, 2.75) is 37.5 Å². The summed E-state index contributed by atoms with van der Waals surface area (Å²) in [5.41, 5.74) is -0.115. The Kier molecular flexibility index (Phi) is 4.62. The van der Waals surface area contributed by atoms with Gasteiger partial charge in [-0.3, -0.25) is 9.59 Å². The average molecular weight is 356 g/mol. The maximum atomic E-state index is 12.5. The number of amides is 2. The van der Waals surface area contributed by atoms with Crippen molar-refractivity contribution >= 4 is 11.8 Å². The number of alkyl halides is 3. The van der Waals surface area contributed by atoms with Crippen LogP contribution in [-0.2, 0) is 15.0 Å². The lowest BCUT2D eigenvalue weighted by Crippen LogP contribution is -2.42. The fourth-order valence-electron chi connectivity index (χ4n) is 3.15. The Bertz CT molecular complexity index is 648. The van der Waals surface area contributed by atoms with Gasteiger partial charge in [-0.25, -0.2) is 0 Å². The van der Waals surface area contributed by atoms with Crippen molar-refractivity contribution in [2.24, 2.45) is 0 Å². The zero-order valence-electron chi connectivity index (χ0n) is 13.6. The van der Waals surface area contributed by atoms with Crippen molar-refractivity contribution in [3.05, 3.63) is 29.8 Å². The lowest BCUT2D eigenvalue weighted by molar-refractivity contribution is -0.274. The molecule has 1 aliphatic heterocycles. The van der Waals surface area contributed by atoms with Crippen molar-refractivity contribution in [3.8, 4) is 5.75 Å². The SMILES string of the molecule is O=C(CNC(=O)C1(c2ccc(OC(F)(F)F)cc2)CC1)N1CCCC1. The van der Waals surface area contributed by atoms with Gasteiger partial charge in [-0.15, -0.1) is 13.2 Å². The van der Waals surface area contributed by atoms with Crippen LogP contribution in [0.15, 0.2) is 24.3 Å². The predicted octanol–water partition coefficient (Wildman–Crippen LogP) is 2.36. The Hall–Kier alpha value is -2.25. The van der Waals surface area contributed by atoms with Crippen LogP contribution < -0.4 is 10.1 Å². The van der Waals surface area contributed by atoms with Crippen molar-refractivity contribution in [3.63, 3.8) is 0 Å². The third kappa shape index (κ3) is 4.05. The molecular weight excluding hydrogens is 337 g/mol. The number of nitrogens with one attached hydrogen (secondary N) is 1. The Morgan fingerprint density at radius 2 is 1.72 bits per heavy atom. The summed E-state index contributed by atoms with van der Waals surface area (Å²) < 4.78 is 40.4. The van der Waals surface area contributed by atoms with Crippen molar-refractivity contribution in [1.29, 1.82) is 0 Å². The number of rotatable bonds is 5. The van der Waals surface area contributed by atoms with Gasteiger partial charge in [-0.2, -0.15) is 0 Å². The molecule has 25 heavy (non-hydrogen) atoms. The summed E-state index contributed by atoms with van der Waals surface area (Å²) in [6.45, 7) is 1.40. The van der Waals surface area contributed by atoms with E-state index in [1.165, 1.54) is 24.3 Å². The fraction of sp³-hybridized carbons (Fsp3) is 0.529. The molecule has 2 amide bonds. The van der Waals surface area contributed by atoms with E-state index in [4.69, 9.17) is 0 Å². The second-order valence-electron chi connectivity index (χ2n) is 6.42. The first-order valence-corrected chi connectivity index (χ1v) is 8.23. The quantitative estimate of drug-likeness (QED) is 0.881. The van der Waals surface area contributed by atoms with E-state index in [9.17, 15) is 22.8 Å². The monoisotopic (exact) mass is 356 g/mol. The molecule has 0 atom stereocenters. The van der Waals surface area contributed by atoms with Crippen LogP contribution in [0.4, 0.5) is 13.2 Å². The zero-order chi connectivity index (χ0) is 18.1. The molecule has 0 aromatic heterocycles. The standard InChI is InChI=1S/C17H19F3N2O3/c18-17(19,20)25-13-5-3-12(4-6-13)16(7-8-16)15(24)21-11-14(23)22-9-1-2-10-22/h3-6H,1-2,7-11H2,(H,21,24). The van der Waals surface area contributed by atoms with E-state index in [0.29, 0.717) is 18.4 Å². The maximum Gasteiger partial charge on any atom is 0.573 e. The first kappa shape index (κ1) is 17.6. The van der Waals surface area contributed by atoms with E-state index in [1.54, 1.807) is 4.90 Å². The average Bonchev–Trinajstić information content (AvgIpc) is 3.18. The predicted molar refractivity (Wildman–Crippen MR) is 82.9 cm³/mol. The normalized spacial score (nSPS) is 18.8. The Morgan fingerprint density at radius 1 is 1.12 bits per heavy atom. The van der Waals surface area contributed by atoms with Crippen molar-refractivity contribution in [1.82, 2.24) is 10.2 Å². The third-order valence-electron chi connectivity index (χ3n) is 4.68. The van der Waals surface area contributed by atoms with Gasteiger partial charge in [0.25, 0.3) is 0 Å². The van der Waals surface area contributed by atoms with Crippen LogP contribution in [0.1, 0.15) is 31.2 Å². The van der Waals surface area contributed by atoms with Crippen LogP contribution in [0.2, 0.25) is 0 Å². The molecule has 2 aliphatic rings. The smallest absolute Gasteiger partial charge is 0.406 e. The molecule has 1 N–H and O–H groups in total. The lowest BCUT2D eigenvalue weighted by atomic mass is 9.95. The summed E-state index contributed by atoms with van der Waals surface area (Å²) in [6.07, 6.45) is -1.57. The highest BCUT2D eigenvalue weighted by molar-refractivity contribution is 5.94. The lowest BCUT2D eigenvalue weighted by Gasteiger charge is -2.19. The third-order valence-corrected chi connectivity index (χ3v) is 4.68. The highest BCUT2D eigenvalue weighted by Gasteiger charge is 2.51. The molecule has 5 nitrogen and oxygen atoms in total. The number of nitrogens with zero attached hydrogens (tertiary/aromatic N) is 1. The van der Waals surface area contributed by atoms with Crippen LogP contribution in [0.5, 0.6) is 5.75 Å². The molecule has 1 heterocycles. The number of likely N-dealkylation sites (tertiary alicyclic amines) is 1. The van der Waals surface area contributed by atoms with Gasteiger partial charge in [-0.05, 0) is 43.4 Å². The first-order chi connectivity index (χ1) is 11.8. The molecule has 1 aliphatic carbocycles. The molecule has 1 saturated heterocycles. The molecule has 3 rings (SSSR count). The summed E-state index contributed by atoms with van der Waals surface area (Å²) in [5.74, 6) is -0.684. The number of benzene rings is 1. The zero-order valence-corrected chi connectivity index (χ0v) is 13.6. The highest BCUT2D eigenvalue weighted by atomic mass is 19.4. The summed E-state index contributed by atoms with van der Waals surface area (Å²) in [6, 6.07) is 5.34. The van der Waals surface area contributed by atoms with Crippen LogP contribution in [-0.4, -0.2) is 42.7 Å². The van der Waals surface area contributed by atoms with E-state index in [0.717, 1.165) is 25.9 Å². The van der Waals surface area contributed by atoms with Crippen LogP contribution in [0.25, 0.3) is 0 Å². The molecule has 1 aromatic carbocycles. The second-order valence-corrected chi connectivity index (χ2v) is 6.42. The summed E-state index contributed by atoms with van der Waals surface area (Å²) in [7, 11) is 0. The number of carbonyl (C=O) groups excluding carboxylic acids is 2. The summed E-state index contributed by atoms with van der Waals surface area (Å²) in [4.78, 5) is 26.2. The van der Waals surface area contributed by atoms with Crippen LogP contribution in [0, 0.1) is 0 Å². The molecule has 0 unspecified atom stereocenters.